The molecule has 1 aliphatic heterocycles. The first kappa shape index (κ1) is 10.3. The minimum absolute atomic E-state index is 0.923. The van der Waals surface area contributed by atoms with Gasteiger partial charge in [0.1, 0.15) is 12.1 Å². The summed E-state index contributed by atoms with van der Waals surface area (Å²) in [4.78, 5) is 0. The maximum absolute atomic E-state index is 6.04. The molecule has 3 heterocycles. The van der Waals surface area contributed by atoms with E-state index in [-0.39, 0.29) is 0 Å². The van der Waals surface area contributed by atoms with Crippen molar-refractivity contribution in [1.29, 1.82) is 0 Å². The summed E-state index contributed by atoms with van der Waals surface area (Å²) in [5.41, 5.74) is 5.81. The van der Waals surface area contributed by atoms with Gasteiger partial charge in [0.25, 0.3) is 5.82 Å². The van der Waals surface area contributed by atoms with E-state index in [0.717, 1.165) is 17.8 Å². The number of para-hydroxylation sites is 1. The van der Waals surface area contributed by atoms with Crippen molar-refractivity contribution in [3.05, 3.63) is 54.1 Å². The van der Waals surface area contributed by atoms with Crippen molar-refractivity contribution in [1.82, 2.24) is 4.57 Å². The SMILES string of the molecule is C[n+]1c2n(c3c4ccccc4oc31)Cc1ccccc1-2. The Hall–Kier alpha value is -2.55. The average Bonchev–Trinajstić information content (AvgIpc) is 3.10. The fraction of sp³-hybridized carbons (Fsp3) is 0.118. The van der Waals surface area contributed by atoms with Crippen LogP contribution >= 0.6 is 0 Å². The molecule has 0 saturated heterocycles. The van der Waals surface area contributed by atoms with Crippen LogP contribution < -0.4 is 4.57 Å². The summed E-state index contributed by atoms with van der Waals surface area (Å²) >= 11 is 0. The molecule has 3 nitrogen and oxygen atoms in total. The molecule has 0 spiro atoms. The summed E-state index contributed by atoms with van der Waals surface area (Å²) in [6.07, 6.45) is 0. The summed E-state index contributed by atoms with van der Waals surface area (Å²) < 4.78 is 10.6. The van der Waals surface area contributed by atoms with Gasteiger partial charge in [0, 0.05) is 5.56 Å². The van der Waals surface area contributed by atoms with Crippen LogP contribution in [0.15, 0.2) is 52.9 Å². The highest BCUT2D eigenvalue weighted by molar-refractivity contribution is 6.01. The zero-order chi connectivity index (χ0) is 13.3. The number of benzene rings is 2. The van der Waals surface area contributed by atoms with Crippen LogP contribution in [0, 0.1) is 0 Å². The third-order valence-electron chi connectivity index (χ3n) is 4.29. The van der Waals surface area contributed by atoms with Crippen LogP contribution in [0.1, 0.15) is 5.56 Å². The predicted octanol–water partition coefficient (Wildman–Crippen LogP) is 3.24. The molecule has 0 N–H and O–H groups in total. The molecule has 0 aliphatic carbocycles. The number of hydrogen-bond donors (Lipinski definition) is 0. The molecule has 0 fully saturated rings. The Morgan fingerprint density at radius 1 is 1.05 bits per heavy atom. The second-order valence-corrected chi connectivity index (χ2v) is 5.38. The first-order chi connectivity index (χ1) is 9.84. The topological polar surface area (TPSA) is 21.9 Å². The van der Waals surface area contributed by atoms with E-state index in [1.807, 2.05) is 12.1 Å². The summed E-state index contributed by atoms with van der Waals surface area (Å²) in [6, 6.07) is 16.9. The van der Waals surface area contributed by atoms with E-state index in [1.165, 1.54) is 27.9 Å². The summed E-state index contributed by atoms with van der Waals surface area (Å²) in [5, 5.41) is 1.19. The zero-order valence-corrected chi connectivity index (χ0v) is 11.1. The monoisotopic (exact) mass is 261 g/mol. The van der Waals surface area contributed by atoms with Gasteiger partial charge in [-0.3, -0.25) is 0 Å². The molecule has 0 atom stereocenters. The molecule has 3 heteroatoms. The number of imidazole rings is 1. The third-order valence-corrected chi connectivity index (χ3v) is 4.29. The van der Waals surface area contributed by atoms with Crippen molar-refractivity contribution in [3.63, 3.8) is 0 Å². The fourth-order valence-corrected chi connectivity index (χ4v) is 3.42. The first-order valence-corrected chi connectivity index (χ1v) is 6.82. The van der Waals surface area contributed by atoms with Crippen LogP contribution in [0.2, 0.25) is 0 Å². The Labute approximate surface area is 115 Å². The van der Waals surface area contributed by atoms with Crippen molar-refractivity contribution >= 4 is 22.2 Å². The molecule has 0 amide bonds. The van der Waals surface area contributed by atoms with Gasteiger partial charge >= 0.3 is 5.71 Å². The maximum atomic E-state index is 6.04. The zero-order valence-electron chi connectivity index (χ0n) is 11.1. The second kappa shape index (κ2) is 3.31. The van der Waals surface area contributed by atoms with Crippen LogP contribution in [-0.2, 0) is 13.6 Å². The van der Waals surface area contributed by atoms with Crippen molar-refractivity contribution in [2.75, 3.05) is 0 Å². The Morgan fingerprint density at radius 3 is 2.80 bits per heavy atom. The maximum Gasteiger partial charge on any atom is 0.339 e. The van der Waals surface area contributed by atoms with Gasteiger partial charge in [-0.05, 0) is 18.2 Å². The molecule has 0 saturated carbocycles. The molecule has 0 unspecified atom stereocenters. The molecule has 1 aliphatic rings. The van der Waals surface area contributed by atoms with Crippen molar-refractivity contribution in [2.24, 2.45) is 7.05 Å². The van der Waals surface area contributed by atoms with E-state index in [4.69, 9.17) is 4.42 Å². The van der Waals surface area contributed by atoms with E-state index in [1.54, 1.807) is 0 Å². The summed E-state index contributed by atoms with van der Waals surface area (Å²) in [7, 11) is 2.08. The Morgan fingerprint density at radius 2 is 1.85 bits per heavy atom. The lowest BCUT2D eigenvalue weighted by Crippen LogP contribution is -2.29. The summed E-state index contributed by atoms with van der Waals surface area (Å²) in [5.74, 6) is 1.24. The lowest BCUT2D eigenvalue weighted by atomic mass is 10.1. The van der Waals surface area contributed by atoms with Gasteiger partial charge in [-0.15, -0.1) is 0 Å². The first-order valence-electron chi connectivity index (χ1n) is 6.82. The number of nitrogens with zero attached hydrogens (tertiary/aromatic N) is 2. The van der Waals surface area contributed by atoms with Crippen LogP contribution in [0.3, 0.4) is 0 Å². The Kier molecular flexibility index (Phi) is 1.70. The highest BCUT2D eigenvalue weighted by Crippen LogP contribution is 2.37. The van der Waals surface area contributed by atoms with Crippen LogP contribution in [-0.4, -0.2) is 4.57 Å². The molecular weight excluding hydrogens is 248 g/mol. The van der Waals surface area contributed by atoms with Gasteiger partial charge in [0.05, 0.1) is 18.0 Å². The van der Waals surface area contributed by atoms with Gasteiger partial charge < -0.3 is 4.42 Å². The number of rotatable bonds is 0. The molecule has 2 aromatic heterocycles. The molecule has 0 radical (unpaired) electrons. The predicted molar refractivity (Wildman–Crippen MR) is 77.4 cm³/mol. The van der Waals surface area contributed by atoms with Crippen molar-refractivity contribution < 1.29 is 8.98 Å². The number of furan rings is 1. The Balaban J connectivity index is 1.99. The number of fused-ring (bicyclic) bond motifs is 7. The van der Waals surface area contributed by atoms with Crippen molar-refractivity contribution in [2.45, 2.75) is 6.54 Å². The fourth-order valence-electron chi connectivity index (χ4n) is 3.42. The van der Waals surface area contributed by atoms with Gasteiger partial charge in [-0.2, -0.15) is 4.57 Å². The molecule has 96 valence electrons. The number of hydrogen-bond acceptors (Lipinski definition) is 1. The standard InChI is InChI=1S/C17H13N2O/c1-18-16-12-7-3-2-6-11(12)10-19(16)15-13-8-4-5-9-14(13)20-17(15)18/h2-9H,10H2,1H3/q+1. The smallest absolute Gasteiger partial charge is 0.339 e. The highest BCUT2D eigenvalue weighted by Gasteiger charge is 2.35. The normalized spacial score (nSPS) is 13.1. The van der Waals surface area contributed by atoms with Crippen LogP contribution in [0.25, 0.3) is 33.6 Å². The molecule has 20 heavy (non-hydrogen) atoms. The van der Waals surface area contributed by atoms with E-state index in [0.29, 0.717) is 0 Å². The van der Waals surface area contributed by atoms with E-state index < -0.39 is 0 Å². The summed E-state index contributed by atoms with van der Waals surface area (Å²) in [6.45, 7) is 0.923. The van der Waals surface area contributed by atoms with Crippen LogP contribution in [0.4, 0.5) is 0 Å². The number of aromatic nitrogens is 2. The quantitative estimate of drug-likeness (QED) is 0.392. The molecule has 4 aromatic rings. The largest absolute Gasteiger partial charge is 0.419 e. The van der Waals surface area contributed by atoms with Gasteiger partial charge in [-0.1, -0.05) is 30.3 Å². The van der Waals surface area contributed by atoms with E-state index >= 15 is 0 Å². The van der Waals surface area contributed by atoms with Crippen LogP contribution in [0.5, 0.6) is 0 Å². The van der Waals surface area contributed by atoms with Crippen molar-refractivity contribution in [3.8, 4) is 11.4 Å². The molecule has 2 aromatic carbocycles. The minimum atomic E-state index is 0.923. The second-order valence-electron chi connectivity index (χ2n) is 5.38. The number of aryl methyl sites for hydroxylation is 1. The molecule has 0 bridgehead atoms. The lowest BCUT2D eigenvalue weighted by molar-refractivity contribution is -0.640. The highest BCUT2D eigenvalue weighted by atomic mass is 16.3. The van der Waals surface area contributed by atoms with E-state index in [2.05, 4.69) is 52.6 Å². The minimum Gasteiger partial charge on any atom is -0.419 e. The van der Waals surface area contributed by atoms with Gasteiger partial charge in [-0.25, -0.2) is 4.57 Å². The molecule has 5 rings (SSSR count). The van der Waals surface area contributed by atoms with E-state index in [9.17, 15) is 0 Å². The Bertz CT molecular complexity index is 991. The third kappa shape index (κ3) is 1.05. The lowest BCUT2D eigenvalue weighted by Gasteiger charge is -1.93. The average molecular weight is 261 g/mol. The van der Waals surface area contributed by atoms with Gasteiger partial charge in [0.2, 0.25) is 5.52 Å². The molecular formula is C17H13N2O+. The van der Waals surface area contributed by atoms with Gasteiger partial charge in [0.15, 0.2) is 0 Å².